The van der Waals surface area contributed by atoms with E-state index in [-0.39, 0.29) is 5.91 Å². The molecule has 1 aliphatic heterocycles. The Balaban J connectivity index is 1.96. The van der Waals surface area contributed by atoms with Gasteiger partial charge < -0.3 is 9.88 Å². The van der Waals surface area contributed by atoms with Gasteiger partial charge in [0.1, 0.15) is 5.82 Å². The Hall–Kier alpha value is -1.36. The van der Waals surface area contributed by atoms with Crippen molar-refractivity contribution in [1.29, 1.82) is 0 Å². The van der Waals surface area contributed by atoms with E-state index in [0.717, 1.165) is 18.9 Å². The molecule has 0 aromatic carbocycles. The average molecular weight is 278 g/mol. The first-order chi connectivity index (χ1) is 9.43. The molecule has 0 radical (unpaired) electrons. The maximum atomic E-state index is 12.4. The van der Waals surface area contributed by atoms with Crippen molar-refractivity contribution in [3.63, 3.8) is 0 Å². The zero-order valence-corrected chi connectivity index (χ0v) is 13.0. The van der Waals surface area contributed by atoms with Crippen LogP contribution in [0.15, 0.2) is 12.4 Å². The second-order valence-electron chi connectivity index (χ2n) is 6.28. The summed E-state index contributed by atoms with van der Waals surface area (Å²) >= 11 is 0. The number of carbonyl (C=O) groups is 1. The van der Waals surface area contributed by atoms with Gasteiger partial charge in [0.2, 0.25) is 5.91 Å². The van der Waals surface area contributed by atoms with Crippen LogP contribution in [0.2, 0.25) is 0 Å². The molecule has 112 valence electrons. The fourth-order valence-electron chi connectivity index (χ4n) is 2.75. The molecule has 2 heterocycles. The lowest BCUT2D eigenvalue weighted by molar-refractivity contribution is -0.131. The Kier molecular flexibility index (Phi) is 4.48. The molecule has 1 fully saturated rings. The van der Waals surface area contributed by atoms with Crippen LogP contribution in [0, 0.1) is 0 Å². The molecular weight excluding hydrogens is 252 g/mol. The largest absolute Gasteiger partial charge is 0.347 e. The number of nitrogens with one attached hydrogen (secondary N) is 1. The van der Waals surface area contributed by atoms with Crippen molar-refractivity contribution in [2.45, 2.75) is 58.7 Å². The van der Waals surface area contributed by atoms with E-state index in [1.54, 1.807) is 6.20 Å². The lowest BCUT2D eigenvalue weighted by Crippen LogP contribution is -2.53. The van der Waals surface area contributed by atoms with E-state index >= 15 is 0 Å². The molecule has 1 aliphatic rings. The fraction of sp³-hybridized carbons (Fsp3) is 0.733. The van der Waals surface area contributed by atoms with Crippen LogP contribution in [0.1, 0.15) is 52.4 Å². The van der Waals surface area contributed by atoms with Gasteiger partial charge in [-0.05, 0) is 53.6 Å². The molecule has 20 heavy (non-hydrogen) atoms. The summed E-state index contributed by atoms with van der Waals surface area (Å²) in [6, 6.07) is 0.357. The Bertz CT molecular complexity index is 458. The Morgan fingerprint density at radius 3 is 2.65 bits per heavy atom. The molecule has 0 saturated carbocycles. The highest BCUT2D eigenvalue weighted by Gasteiger charge is 2.35. The van der Waals surface area contributed by atoms with Gasteiger partial charge in [-0.15, -0.1) is 0 Å². The lowest BCUT2D eigenvalue weighted by atomic mass is 10.0. The summed E-state index contributed by atoms with van der Waals surface area (Å²) in [5.74, 6) is 0.989. The van der Waals surface area contributed by atoms with Crippen molar-refractivity contribution in [3.8, 4) is 0 Å². The quantitative estimate of drug-likeness (QED) is 0.895. The molecule has 0 spiro atoms. The van der Waals surface area contributed by atoms with Crippen LogP contribution in [-0.4, -0.2) is 39.0 Å². The maximum absolute atomic E-state index is 12.4. The molecule has 0 atom stereocenters. The number of imidazole rings is 1. The lowest BCUT2D eigenvalue weighted by Gasteiger charge is -2.33. The number of aromatic nitrogens is 2. The number of rotatable bonds is 5. The average Bonchev–Trinajstić information content (AvgIpc) is 3.06. The number of carbonyl (C=O) groups excluding carboxylic acids is 1. The first-order valence-corrected chi connectivity index (χ1v) is 7.48. The smallest absolute Gasteiger partial charge is 0.240 e. The molecule has 5 heteroatoms. The van der Waals surface area contributed by atoms with Crippen molar-refractivity contribution in [2.75, 3.05) is 13.1 Å². The molecule has 0 aliphatic carbocycles. The minimum Gasteiger partial charge on any atom is -0.347 e. The Morgan fingerprint density at radius 1 is 1.40 bits per heavy atom. The third-order valence-corrected chi connectivity index (χ3v) is 4.16. The van der Waals surface area contributed by atoms with Gasteiger partial charge in [0.25, 0.3) is 0 Å². The van der Waals surface area contributed by atoms with Gasteiger partial charge in [-0.25, -0.2) is 4.98 Å². The summed E-state index contributed by atoms with van der Waals surface area (Å²) in [5, 5.41) is 3.03. The van der Waals surface area contributed by atoms with E-state index < -0.39 is 5.54 Å². The van der Waals surface area contributed by atoms with Gasteiger partial charge in [-0.2, -0.15) is 0 Å². The predicted molar refractivity (Wildman–Crippen MR) is 79.3 cm³/mol. The highest BCUT2D eigenvalue weighted by molar-refractivity contribution is 5.85. The van der Waals surface area contributed by atoms with Crippen LogP contribution in [-0.2, 0) is 11.3 Å². The Morgan fingerprint density at radius 2 is 2.05 bits per heavy atom. The van der Waals surface area contributed by atoms with Gasteiger partial charge in [0, 0.05) is 18.4 Å². The van der Waals surface area contributed by atoms with Crippen LogP contribution >= 0.6 is 0 Å². The number of nitrogens with zero attached hydrogens (tertiary/aromatic N) is 3. The van der Waals surface area contributed by atoms with Crippen molar-refractivity contribution in [1.82, 2.24) is 19.8 Å². The highest BCUT2D eigenvalue weighted by Crippen LogP contribution is 2.21. The molecule has 5 nitrogen and oxygen atoms in total. The van der Waals surface area contributed by atoms with Gasteiger partial charge in [0.05, 0.1) is 12.1 Å². The van der Waals surface area contributed by atoms with E-state index in [4.69, 9.17) is 0 Å². The minimum atomic E-state index is -0.439. The van der Waals surface area contributed by atoms with Crippen LogP contribution in [0.3, 0.4) is 0 Å². The zero-order valence-electron chi connectivity index (χ0n) is 13.0. The van der Waals surface area contributed by atoms with Crippen LogP contribution in [0.4, 0.5) is 0 Å². The van der Waals surface area contributed by atoms with Crippen molar-refractivity contribution >= 4 is 5.91 Å². The standard InChI is InChI=1S/C15H26N4O/c1-12(2)19-10-7-16-13(19)11-17-14(20)15(3,4)18-8-5-6-9-18/h7,10,12H,5-6,8-9,11H2,1-4H3,(H,17,20). The maximum Gasteiger partial charge on any atom is 0.240 e. The number of hydrogen-bond donors (Lipinski definition) is 1. The zero-order chi connectivity index (χ0) is 14.8. The normalized spacial score (nSPS) is 16.9. The van der Waals surface area contributed by atoms with E-state index in [9.17, 15) is 4.79 Å². The summed E-state index contributed by atoms with van der Waals surface area (Å²) < 4.78 is 2.09. The SMILES string of the molecule is CC(C)n1ccnc1CNC(=O)C(C)(C)N1CCCC1. The molecule has 1 amide bonds. The Labute approximate surface area is 121 Å². The van der Waals surface area contributed by atoms with Crippen LogP contribution in [0.25, 0.3) is 0 Å². The molecule has 0 unspecified atom stereocenters. The molecule has 1 aromatic rings. The van der Waals surface area contributed by atoms with Crippen molar-refractivity contribution in [3.05, 3.63) is 18.2 Å². The van der Waals surface area contributed by atoms with Crippen molar-refractivity contribution < 1.29 is 4.79 Å². The van der Waals surface area contributed by atoms with Gasteiger partial charge in [-0.3, -0.25) is 9.69 Å². The summed E-state index contributed by atoms with van der Waals surface area (Å²) in [6.45, 7) is 10.7. The molecule has 1 saturated heterocycles. The third-order valence-electron chi connectivity index (χ3n) is 4.16. The number of hydrogen-bond acceptors (Lipinski definition) is 3. The summed E-state index contributed by atoms with van der Waals surface area (Å²) in [4.78, 5) is 19.0. The predicted octanol–water partition coefficient (Wildman–Crippen LogP) is 1.95. The van der Waals surface area contributed by atoms with E-state index in [0.29, 0.717) is 12.6 Å². The van der Waals surface area contributed by atoms with Crippen LogP contribution < -0.4 is 5.32 Å². The van der Waals surface area contributed by atoms with E-state index in [1.165, 1.54) is 12.8 Å². The van der Waals surface area contributed by atoms with Gasteiger partial charge >= 0.3 is 0 Å². The second-order valence-corrected chi connectivity index (χ2v) is 6.28. The molecule has 1 N–H and O–H groups in total. The summed E-state index contributed by atoms with van der Waals surface area (Å²) in [5.41, 5.74) is -0.439. The van der Waals surface area contributed by atoms with E-state index in [2.05, 4.69) is 33.6 Å². The van der Waals surface area contributed by atoms with Gasteiger partial charge in [-0.1, -0.05) is 0 Å². The topological polar surface area (TPSA) is 50.2 Å². The number of likely N-dealkylation sites (tertiary alicyclic amines) is 1. The fourth-order valence-corrected chi connectivity index (χ4v) is 2.75. The monoisotopic (exact) mass is 278 g/mol. The summed E-state index contributed by atoms with van der Waals surface area (Å²) in [7, 11) is 0. The minimum absolute atomic E-state index is 0.0812. The molecule has 1 aromatic heterocycles. The third kappa shape index (κ3) is 3.03. The molecule has 0 bridgehead atoms. The first kappa shape index (κ1) is 15.0. The summed E-state index contributed by atoms with van der Waals surface area (Å²) in [6.07, 6.45) is 6.12. The second kappa shape index (κ2) is 5.95. The van der Waals surface area contributed by atoms with Gasteiger partial charge in [0.15, 0.2) is 0 Å². The van der Waals surface area contributed by atoms with E-state index in [1.807, 2.05) is 20.0 Å². The molecular formula is C15H26N4O. The number of amides is 1. The molecule has 2 rings (SSSR count). The van der Waals surface area contributed by atoms with Crippen molar-refractivity contribution in [2.24, 2.45) is 0 Å². The van der Waals surface area contributed by atoms with Crippen LogP contribution in [0.5, 0.6) is 0 Å². The highest BCUT2D eigenvalue weighted by atomic mass is 16.2. The first-order valence-electron chi connectivity index (χ1n) is 7.48.